The van der Waals surface area contributed by atoms with Crippen molar-refractivity contribution in [3.63, 3.8) is 0 Å². The lowest BCUT2D eigenvalue weighted by Gasteiger charge is -2.13. The first-order valence-electron chi connectivity index (χ1n) is 6.42. The lowest BCUT2D eigenvalue weighted by molar-refractivity contribution is 0.0152. The van der Waals surface area contributed by atoms with Crippen LogP contribution in [0.4, 0.5) is 0 Å². The van der Waals surface area contributed by atoms with Gasteiger partial charge in [-0.1, -0.05) is 29.3 Å². The quantitative estimate of drug-likeness (QED) is 0.822. The molecule has 102 valence electrons. The Morgan fingerprint density at radius 3 is 2.33 bits per heavy atom. The van der Waals surface area contributed by atoms with E-state index in [1.807, 2.05) is 13.8 Å². The summed E-state index contributed by atoms with van der Waals surface area (Å²) in [4.78, 5) is 0. The number of thioether (sulfide) groups is 1. The zero-order chi connectivity index (χ0) is 13.5. The molecular weight excluding hydrogens is 244 g/mol. The van der Waals surface area contributed by atoms with E-state index in [9.17, 15) is 5.11 Å². The molecule has 0 aliphatic rings. The Balaban J connectivity index is 2.28. The smallest absolute Gasteiger partial charge is 0.0864 e. The highest BCUT2D eigenvalue weighted by Crippen LogP contribution is 2.16. The molecule has 0 bridgehead atoms. The second kappa shape index (κ2) is 7.82. The van der Waals surface area contributed by atoms with Gasteiger partial charge in [-0.05, 0) is 33.3 Å². The van der Waals surface area contributed by atoms with Crippen molar-refractivity contribution >= 4 is 11.8 Å². The van der Waals surface area contributed by atoms with E-state index in [-0.39, 0.29) is 12.2 Å². The minimum Gasteiger partial charge on any atom is -0.390 e. The minimum atomic E-state index is -0.372. The molecule has 0 aromatic heterocycles. The Morgan fingerprint density at radius 2 is 1.78 bits per heavy atom. The molecule has 0 spiro atoms. The molecule has 1 rings (SSSR count). The van der Waals surface area contributed by atoms with E-state index in [2.05, 4.69) is 32.0 Å². The second-order valence-electron chi connectivity index (χ2n) is 5.05. The number of rotatable bonds is 7. The van der Waals surface area contributed by atoms with Gasteiger partial charge in [0.15, 0.2) is 0 Å². The fraction of sp³-hybridized carbons (Fsp3) is 0.600. The lowest BCUT2D eigenvalue weighted by atomic mass is 10.1. The predicted octanol–water partition coefficient (Wildman–Crippen LogP) is 3.32. The summed E-state index contributed by atoms with van der Waals surface area (Å²) in [5.74, 6) is 1.67. The van der Waals surface area contributed by atoms with E-state index in [0.29, 0.717) is 6.61 Å². The highest BCUT2D eigenvalue weighted by atomic mass is 32.2. The number of hydrogen-bond acceptors (Lipinski definition) is 3. The standard InChI is InChI=1S/C15H24O2S/c1-11(2)17-8-15(16)10-18-9-14-6-12(3)5-13(4)7-14/h5-7,11,15-16H,8-10H2,1-4H3. The molecule has 1 atom stereocenters. The van der Waals surface area contributed by atoms with Crippen molar-refractivity contribution in [1.29, 1.82) is 0 Å². The molecule has 0 amide bonds. The molecule has 1 aromatic rings. The lowest BCUT2D eigenvalue weighted by Crippen LogP contribution is -2.20. The number of hydrogen-bond donors (Lipinski definition) is 1. The molecule has 2 nitrogen and oxygen atoms in total. The largest absolute Gasteiger partial charge is 0.390 e. The van der Waals surface area contributed by atoms with Gasteiger partial charge in [0.25, 0.3) is 0 Å². The van der Waals surface area contributed by atoms with Crippen molar-refractivity contribution in [2.45, 2.75) is 45.7 Å². The first-order valence-corrected chi connectivity index (χ1v) is 7.57. The summed E-state index contributed by atoms with van der Waals surface area (Å²) in [5.41, 5.74) is 3.93. The summed E-state index contributed by atoms with van der Waals surface area (Å²) in [5, 5.41) is 9.74. The highest BCUT2D eigenvalue weighted by Gasteiger charge is 2.06. The first kappa shape index (κ1) is 15.5. The van der Waals surface area contributed by atoms with Crippen molar-refractivity contribution in [3.05, 3.63) is 34.9 Å². The molecule has 3 heteroatoms. The Hall–Kier alpha value is -0.510. The monoisotopic (exact) mass is 268 g/mol. The van der Waals surface area contributed by atoms with Gasteiger partial charge >= 0.3 is 0 Å². The van der Waals surface area contributed by atoms with Gasteiger partial charge in [-0.15, -0.1) is 0 Å². The Bertz CT molecular complexity index is 343. The Morgan fingerprint density at radius 1 is 1.17 bits per heavy atom. The third kappa shape index (κ3) is 6.43. The average molecular weight is 268 g/mol. The number of aryl methyl sites for hydroxylation is 2. The molecule has 1 unspecified atom stereocenters. The van der Waals surface area contributed by atoms with Crippen LogP contribution in [0.3, 0.4) is 0 Å². The molecule has 1 aromatic carbocycles. The number of aliphatic hydroxyl groups excluding tert-OH is 1. The van der Waals surface area contributed by atoms with Crippen molar-refractivity contribution < 1.29 is 9.84 Å². The summed E-state index contributed by atoms with van der Waals surface area (Å²) in [6.07, 6.45) is -0.188. The maximum atomic E-state index is 9.74. The molecule has 0 aliphatic heterocycles. The van der Waals surface area contributed by atoms with Crippen LogP contribution >= 0.6 is 11.8 Å². The predicted molar refractivity (Wildman–Crippen MR) is 79.2 cm³/mol. The van der Waals surface area contributed by atoms with Crippen molar-refractivity contribution in [3.8, 4) is 0 Å². The van der Waals surface area contributed by atoms with Crippen LogP contribution in [0.5, 0.6) is 0 Å². The zero-order valence-electron chi connectivity index (χ0n) is 11.8. The summed E-state index contributed by atoms with van der Waals surface area (Å²) < 4.78 is 5.38. The summed E-state index contributed by atoms with van der Waals surface area (Å²) in [6.45, 7) is 8.63. The summed E-state index contributed by atoms with van der Waals surface area (Å²) >= 11 is 1.75. The second-order valence-corrected chi connectivity index (χ2v) is 6.08. The summed E-state index contributed by atoms with van der Waals surface area (Å²) in [7, 11) is 0. The maximum absolute atomic E-state index is 9.74. The van der Waals surface area contributed by atoms with Gasteiger partial charge in [0, 0.05) is 11.5 Å². The van der Waals surface area contributed by atoms with Crippen LogP contribution < -0.4 is 0 Å². The fourth-order valence-electron chi connectivity index (χ4n) is 1.82. The van der Waals surface area contributed by atoms with E-state index >= 15 is 0 Å². The molecular formula is C15H24O2S. The topological polar surface area (TPSA) is 29.5 Å². The third-order valence-corrected chi connectivity index (χ3v) is 3.64. The molecule has 0 heterocycles. The number of benzene rings is 1. The van der Waals surface area contributed by atoms with Crippen molar-refractivity contribution in [2.75, 3.05) is 12.4 Å². The zero-order valence-corrected chi connectivity index (χ0v) is 12.6. The van der Waals surface area contributed by atoms with Gasteiger partial charge in [0.2, 0.25) is 0 Å². The average Bonchev–Trinajstić information content (AvgIpc) is 2.25. The third-order valence-electron chi connectivity index (χ3n) is 2.48. The number of aliphatic hydroxyl groups is 1. The van der Waals surface area contributed by atoms with Gasteiger partial charge in [-0.2, -0.15) is 11.8 Å². The fourth-order valence-corrected chi connectivity index (χ4v) is 2.71. The normalized spacial score (nSPS) is 13.0. The van der Waals surface area contributed by atoms with Gasteiger partial charge in [0.05, 0.1) is 18.8 Å². The van der Waals surface area contributed by atoms with Crippen molar-refractivity contribution in [1.82, 2.24) is 0 Å². The molecule has 18 heavy (non-hydrogen) atoms. The van der Waals surface area contributed by atoms with Crippen LogP contribution in [0.25, 0.3) is 0 Å². The molecule has 0 radical (unpaired) electrons. The van der Waals surface area contributed by atoms with Crippen LogP contribution in [0.15, 0.2) is 18.2 Å². The van der Waals surface area contributed by atoms with E-state index in [4.69, 9.17) is 4.74 Å². The van der Waals surface area contributed by atoms with Gasteiger partial charge in [-0.3, -0.25) is 0 Å². The van der Waals surface area contributed by atoms with E-state index in [1.165, 1.54) is 16.7 Å². The van der Waals surface area contributed by atoms with Crippen LogP contribution in [0.2, 0.25) is 0 Å². The molecule has 0 saturated carbocycles. The van der Waals surface area contributed by atoms with Crippen LogP contribution in [-0.2, 0) is 10.5 Å². The molecule has 0 fully saturated rings. The van der Waals surface area contributed by atoms with Crippen molar-refractivity contribution in [2.24, 2.45) is 0 Å². The van der Waals surface area contributed by atoms with E-state index < -0.39 is 0 Å². The first-order chi connectivity index (χ1) is 8.47. The molecule has 1 N–H and O–H groups in total. The van der Waals surface area contributed by atoms with Crippen LogP contribution in [0, 0.1) is 13.8 Å². The van der Waals surface area contributed by atoms with E-state index in [0.717, 1.165) is 11.5 Å². The van der Waals surface area contributed by atoms with Crippen LogP contribution in [-0.4, -0.2) is 29.7 Å². The van der Waals surface area contributed by atoms with Gasteiger partial charge in [0.1, 0.15) is 0 Å². The molecule has 0 saturated heterocycles. The van der Waals surface area contributed by atoms with Gasteiger partial charge < -0.3 is 9.84 Å². The van der Waals surface area contributed by atoms with Crippen LogP contribution in [0.1, 0.15) is 30.5 Å². The summed E-state index contributed by atoms with van der Waals surface area (Å²) in [6, 6.07) is 6.59. The highest BCUT2D eigenvalue weighted by molar-refractivity contribution is 7.98. The Labute approximate surface area is 115 Å². The SMILES string of the molecule is Cc1cc(C)cc(CSCC(O)COC(C)C)c1. The van der Waals surface area contributed by atoms with E-state index in [1.54, 1.807) is 11.8 Å². The maximum Gasteiger partial charge on any atom is 0.0864 e. The van der Waals surface area contributed by atoms with Gasteiger partial charge in [-0.25, -0.2) is 0 Å². The minimum absolute atomic E-state index is 0.184. The number of ether oxygens (including phenoxy) is 1. The Kier molecular flexibility index (Phi) is 6.76. The molecule has 0 aliphatic carbocycles.